The average molecular weight is 391 g/mol. The fourth-order valence-corrected chi connectivity index (χ4v) is 3.70. The molecule has 0 radical (unpaired) electrons. The molecule has 19 heavy (non-hydrogen) atoms. The Hall–Kier alpha value is 0.1000. The molecule has 4 heteroatoms. The van der Waals surface area contributed by atoms with Crippen molar-refractivity contribution in [3.05, 3.63) is 32.7 Å². The molecule has 1 atom stereocenters. The van der Waals surface area contributed by atoms with E-state index in [2.05, 4.69) is 31.9 Å². The van der Waals surface area contributed by atoms with Crippen LogP contribution in [0, 0.1) is 5.41 Å². The van der Waals surface area contributed by atoms with Gasteiger partial charge in [0.15, 0.2) is 0 Å². The molecule has 0 heterocycles. The summed E-state index contributed by atoms with van der Waals surface area (Å²) in [7, 11) is 0. The van der Waals surface area contributed by atoms with Crippen LogP contribution in [0.15, 0.2) is 27.1 Å². The van der Waals surface area contributed by atoms with Gasteiger partial charge in [-0.2, -0.15) is 0 Å². The van der Waals surface area contributed by atoms with E-state index in [9.17, 15) is 5.11 Å². The molecule has 2 nitrogen and oxygen atoms in total. The van der Waals surface area contributed by atoms with Gasteiger partial charge in [0.1, 0.15) is 0 Å². The number of hydrogen-bond donors (Lipinski definition) is 2. The van der Waals surface area contributed by atoms with Crippen LogP contribution < -0.4 is 5.73 Å². The lowest BCUT2D eigenvalue weighted by Gasteiger charge is -2.36. The van der Waals surface area contributed by atoms with Crippen molar-refractivity contribution < 1.29 is 5.11 Å². The van der Waals surface area contributed by atoms with Crippen LogP contribution in [-0.2, 0) is 0 Å². The molecule has 0 bridgehead atoms. The lowest BCUT2D eigenvalue weighted by Crippen LogP contribution is -2.36. The first kappa shape index (κ1) is 15.5. The van der Waals surface area contributed by atoms with Crippen molar-refractivity contribution in [1.29, 1.82) is 0 Å². The average Bonchev–Trinajstić information content (AvgIpc) is 2.67. The molecule has 0 saturated heterocycles. The molecule has 1 aliphatic rings. The van der Waals surface area contributed by atoms with Gasteiger partial charge in [0, 0.05) is 20.9 Å². The van der Waals surface area contributed by atoms with Crippen molar-refractivity contribution in [1.82, 2.24) is 0 Å². The molecule has 2 rings (SSSR count). The van der Waals surface area contributed by atoms with E-state index in [0.29, 0.717) is 6.54 Å². The molecule has 0 aromatic heterocycles. The minimum absolute atomic E-state index is 0.149. The minimum atomic E-state index is -0.472. The number of rotatable bonds is 3. The highest BCUT2D eigenvalue weighted by Crippen LogP contribution is 2.45. The Kier molecular flexibility index (Phi) is 5.46. The topological polar surface area (TPSA) is 46.2 Å². The van der Waals surface area contributed by atoms with Gasteiger partial charge in [0.25, 0.3) is 0 Å². The lowest BCUT2D eigenvalue weighted by atomic mass is 9.73. The first-order valence-corrected chi connectivity index (χ1v) is 8.51. The zero-order chi connectivity index (χ0) is 13.9. The van der Waals surface area contributed by atoms with Gasteiger partial charge >= 0.3 is 0 Å². The largest absolute Gasteiger partial charge is 0.388 e. The minimum Gasteiger partial charge on any atom is -0.388 e. The van der Waals surface area contributed by atoms with Gasteiger partial charge < -0.3 is 10.8 Å². The molecular weight excluding hydrogens is 370 g/mol. The van der Waals surface area contributed by atoms with Gasteiger partial charge in [0.2, 0.25) is 0 Å². The summed E-state index contributed by atoms with van der Waals surface area (Å²) in [6.45, 7) is 0.557. The Bertz CT molecular complexity index is 428. The SMILES string of the molecule is NCC1(C(O)c2ccc(Br)c(Br)c2)CCCCCC1. The molecule has 106 valence electrons. The van der Waals surface area contributed by atoms with Crippen LogP contribution in [0.5, 0.6) is 0 Å². The second kappa shape index (κ2) is 6.70. The van der Waals surface area contributed by atoms with E-state index in [1.165, 1.54) is 25.7 Å². The molecule has 0 aliphatic heterocycles. The quantitative estimate of drug-likeness (QED) is 0.744. The molecule has 1 saturated carbocycles. The summed E-state index contributed by atoms with van der Waals surface area (Å²) in [6.07, 6.45) is 6.45. The lowest BCUT2D eigenvalue weighted by molar-refractivity contribution is 0.0166. The molecule has 3 N–H and O–H groups in total. The van der Waals surface area contributed by atoms with Crippen molar-refractivity contribution in [3.8, 4) is 0 Å². The molecule has 1 aliphatic carbocycles. The van der Waals surface area contributed by atoms with E-state index < -0.39 is 6.10 Å². The van der Waals surface area contributed by atoms with Crippen molar-refractivity contribution in [2.45, 2.75) is 44.6 Å². The van der Waals surface area contributed by atoms with E-state index in [1.54, 1.807) is 0 Å². The first-order valence-electron chi connectivity index (χ1n) is 6.92. The van der Waals surface area contributed by atoms with Gasteiger partial charge in [-0.05, 0) is 62.4 Å². The fourth-order valence-electron chi connectivity index (χ4n) is 3.06. The Morgan fingerprint density at radius 3 is 2.26 bits per heavy atom. The zero-order valence-corrected chi connectivity index (χ0v) is 14.2. The van der Waals surface area contributed by atoms with Crippen molar-refractivity contribution in [2.75, 3.05) is 6.54 Å². The number of aliphatic hydroxyl groups excluding tert-OH is 1. The fraction of sp³-hybridized carbons (Fsp3) is 0.600. The monoisotopic (exact) mass is 389 g/mol. The zero-order valence-electron chi connectivity index (χ0n) is 11.0. The van der Waals surface area contributed by atoms with E-state index in [0.717, 1.165) is 27.4 Å². The second-order valence-electron chi connectivity index (χ2n) is 5.56. The number of aliphatic hydroxyl groups is 1. The highest BCUT2D eigenvalue weighted by Gasteiger charge is 2.37. The van der Waals surface area contributed by atoms with Crippen LogP contribution in [0.3, 0.4) is 0 Å². The van der Waals surface area contributed by atoms with Crippen LogP contribution >= 0.6 is 31.9 Å². The van der Waals surface area contributed by atoms with Crippen LogP contribution in [0.2, 0.25) is 0 Å². The van der Waals surface area contributed by atoms with Crippen molar-refractivity contribution in [2.24, 2.45) is 11.1 Å². The van der Waals surface area contributed by atoms with Crippen LogP contribution in [0.4, 0.5) is 0 Å². The predicted molar refractivity (Wildman–Crippen MR) is 86.0 cm³/mol. The maximum atomic E-state index is 10.8. The molecule has 1 aromatic carbocycles. The van der Waals surface area contributed by atoms with Crippen LogP contribution in [0.1, 0.15) is 50.2 Å². The molecule has 0 amide bonds. The number of halogens is 2. The Morgan fingerprint density at radius 2 is 1.74 bits per heavy atom. The van der Waals surface area contributed by atoms with Gasteiger partial charge in [-0.15, -0.1) is 0 Å². The summed E-state index contributed by atoms with van der Waals surface area (Å²) in [5, 5.41) is 10.8. The summed E-state index contributed by atoms with van der Waals surface area (Å²) in [4.78, 5) is 0. The summed E-state index contributed by atoms with van der Waals surface area (Å²) in [5.74, 6) is 0. The number of nitrogens with two attached hydrogens (primary N) is 1. The Balaban J connectivity index is 2.28. The van der Waals surface area contributed by atoms with Gasteiger partial charge in [-0.3, -0.25) is 0 Å². The van der Waals surface area contributed by atoms with Crippen LogP contribution in [0.25, 0.3) is 0 Å². The number of hydrogen-bond acceptors (Lipinski definition) is 2. The standard InChI is InChI=1S/C15H21Br2NO/c16-12-6-5-11(9-13(12)17)14(19)15(10-18)7-3-1-2-4-8-15/h5-6,9,14,19H,1-4,7-8,10,18H2. The van der Waals surface area contributed by atoms with Gasteiger partial charge in [0.05, 0.1) is 6.10 Å². The summed E-state index contributed by atoms with van der Waals surface area (Å²) in [6, 6.07) is 5.96. The van der Waals surface area contributed by atoms with E-state index >= 15 is 0 Å². The second-order valence-corrected chi connectivity index (χ2v) is 7.27. The molecule has 1 unspecified atom stereocenters. The Labute approximate surface area is 132 Å². The molecule has 0 spiro atoms. The normalized spacial score (nSPS) is 20.8. The Morgan fingerprint density at radius 1 is 1.11 bits per heavy atom. The van der Waals surface area contributed by atoms with E-state index in [4.69, 9.17) is 5.73 Å². The predicted octanol–water partition coefficient (Wildman–Crippen LogP) is 4.54. The van der Waals surface area contributed by atoms with Gasteiger partial charge in [-0.25, -0.2) is 0 Å². The maximum Gasteiger partial charge on any atom is 0.0858 e. The van der Waals surface area contributed by atoms with Crippen molar-refractivity contribution >= 4 is 31.9 Å². The third-order valence-corrected chi connectivity index (χ3v) is 6.22. The molecule has 1 aromatic rings. The maximum absolute atomic E-state index is 10.8. The smallest absolute Gasteiger partial charge is 0.0858 e. The third-order valence-electron chi connectivity index (χ3n) is 4.35. The summed E-state index contributed by atoms with van der Waals surface area (Å²) >= 11 is 6.97. The summed E-state index contributed by atoms with van der Waals surface area (Å²) in [5.41, 5.74) is 6.84. The van der Waals surface area contributed by atoms with E-state index in [1.807, 2.05) is 18.2 Å². The highest BCUT2D eigenvalue weighted by atomic mass is 79.9. The van der Waals surface area contributed by atoms with Crippen molar-refractivity contribution in [3.63, 3.8) is 0 Å². The highest BCUT2D eigenvalue weighted by molar-refractivity contribution is 9.13. The molecule has 1 fully saturated rings. The molecular formula is C15H21Br2NO. The van der Waals surface area contributed by atoms with E-state index in [-0.39, 0.29) is 5.41 Å². The number of benzene rings is 1. The van der Waals surface area contributed by atoms with Crippen LogP contribution in [-0.4, -0.2) is 11.7 Å². The summed E-state index contributed by atoms with van der Waals surface area (Å²) < 4.78 is 1.98. The van der Waals surface area contributed by atoms with Gasteiger partial charge in [-0.1, -0.05) is 31.7 Å². The first-order chi connectivity index (χ1) is 9.09. The third kappa shape index (κ3) is 3.41.